The van der Waals surface area contributed by atoms with Gasteiger partial charge in [0.1, 0.15) is 34.5 Å². The Morgan fingerprint density at radius 1 is 0.278 bits per heavy atom. The monoisotopic (exact) mass is 777 g/mol. The maximum absolute atomic E-state index is 6.96. The second kappa shape index (κ2) is 15.7. The van der Waals surface area contributed by atoms with Gasteiger partial charge < -0.3 is 27.1 Å². The van der Waals surface area contributed by atoms with E-state index in [2.05, 4.69) is 0 Å². The van der Waals surface area contributed by atoms with Gasteiger partial charge in [-0.1, -0.05) is 86.3 Å². The highest BCUT2D eigenvalue weighted by atomic mass is 31.3. The van der Waals surface area contributed by atoms with E-state index >= 15 is 0 Å². The van der Waals surface area contributed by atoms with Crippen LogP contribution in [0.1, 0.15) is 33.4 Å². The molecule has 7 rings (SSSR count). The minimum Gasteiger partial charge on any atom is -0.413 e. The van der Waals surface area contributed by atoms with Crippen LogP contribution in [-0.2, 0) is 0 Å². The summed E-state index contributed by atoms with van der Waals surface area (Å²) in [5.41, 5.74) is 5.86. The molecule has 1 aliphatic heterocycles. The Balaban J connectivity index is 1.59. The lowest BCUT2D eigenvalue weighted by Crippen LogP contribution is -2.11. The molecule has 0 amide bonds. The molecule has 12 heteroatoms. The summed E-state index contributed by atoms with van der Waals surface area (Å²) in [5.74, 6) is 2.91. The maximum atomic E-state index is 6.96. The quantitative estimate of drug-likeness (QED) is 0.115. The first-order chi connectivity index (χ1) is 26.0. The van der Waals surface area contributed by atoms with E-state index in [-0.39, 0.29) is 0 Å². The molecule has 0 bridgehead atoms. The smallest absolute Gasteiger partial charge is 0.413 e. The molecule has 6 aromatic rings. The van der Waals surface area contributed by atoms with E-state index in [0.29, 0.717) is 34.5 Å². The Bertz CT molecular complexity index is 2060. The first kappa shape index (κ1) is 37.1. The van der Waals surface area contributed by atoms with Crippen molar-refractivity contribution in [2.24, 2.45) is 13.5 Å². The number of benzene rings is 6. The van der Waals surface area contributed by atoms with Gasteiger partial charge in [0.2, 0.25) is 0 Å². The average Bonchev–Trinajstić information content (AvgIpc) is 3.08. The molecule has 0 N–H and O–H groups in total. The van der Waals surface area contributed by atoms with Gasteiger partial charge in [-0.25, -0.2) is 0 Å². The van der Waals surface area contributed by atoms with Gasteiger partial charge in [-0.05, 0) is 148 Å². The van der Waals surface area contributed by atoms with Gasteiger partial charge in [0.15, 0.2) is 0 Å². The average molecular weight is 778 g/mol. The van der Waals surface area contributed by atoms with Crippen molar-refractivity contribution < 1.29 is 27.1 Å². The van der Waals surface area contributed by atoms with Crippen molar-refractivity contribution in [1.29, 1.82) is 0 Å². The van der Waals surface area contributed by atoms with Crippen LogP contribution in [-0.4, -0.2) is 0 Å². The molecule has 1 heterocycles. The number of rotatable bonds is 12. The zero-order valence-corrected chi connectivity index (χ0v) is 33.7. The van der Waals surface area contributed by atoms with Crippen LogP contribution in [0.3, 0.4) is 0 Å². The largest absolute Gasteiger partial charge is 0.460 e. The van der Waals surface area contributed by atoms with E-state index in [1.165, 1.54) is 0 Å². The van der Waals surface area contributed by atoms with E-state index in [1.807, 2.05) is 187 Å². The summed E-state index contributed by atoms with van der Waals surface area (Å²) in [6, 6.07) is 45.9. The lowest BCUT2D eigenvalue weighted by molar-refractivity contribution is 0.443. The summed E-state index contributed by atoms with van der Waals surface area (Å²) < 4.78 is 57.7. The summed E-state index contributed by atoms with van der Waals surface area (Å²) in [4.78, 5) is 0. The molecule has 0 saturated heterocycles. The van der Waals surface area contributed by atoms with E-state index in [1.54, 1.807) is 0 Å². The van der Waals surface area contributed by atoms with Crippen LogP contribution in [0.15, 0.2) is 159 Å². The Hall–Kier alpha value is -5.19. The number of hydrogen-bond donors (Lipinski definition) is 0. The van der Waals surface area contributed by atoms with Crippen LogP contribution in [0, 0.1) is 41.5 Å². The second-order valence-corrected chi connectivity index (χ2v) is 19.4. The van der Waals surface area contributed by atoms with Crippen molar-refractivity contribution in [3.63, 3.8) is 0 Å². The standard InChI is InChI=1S/C42H42N3O6P3/c1-31-13-7-19-37(25-31)46-52(47-38-20-8-14-32(2)26-38)43-53(48-39-21-9-15-33(3)27-39,49-40-22-10-16-34(4)28-40)45-54(44-52,50-41-23-11-17-35(5)29-41)51-42-24-12-18-36(6)30-42/h7-30H,1-6H3. The van der Waals surface area contributed by atoms with Gasteiger partial charge in [0, 0.05) is 0 Å². The molecular weight excluding hydrogens is 735 g/mol. The van der Waals surface area contributed by atoms with Gasteiger partial charge in [-0.3, -0.25) is 0 Å². The van der Waals surface area contributed by atoms with Crippen LogP contribution in [0.4, 0.5) is 0 Å². The molecule has 1 aliphatic rings. The van der Waals surface area contributed by atoms with Gasteiger partial charge in [-0.2, -0.15) is 0 Å². The Kier molecular flexibility index (Phi) is 10.8. The highest BCUT2D eigenvalue weighted by Crippen LogP contribution is 2.78. The van der Waals surface area contributed by atoms with Crippen molar-refractivity contribution in [1.82, 2.24) is 0 Å². The predicted octanol–water partition coefficient (Wildman–Crippen LogP) is 14.2. The third kappa shape index (κ3) is 9.29. The van der Waals surface area contributed by atoms with Crippen LogP contribution < -0.4 is 27.1 Å². The molecule has 9 nitrogen and oxygen atoms in total. The van der Waals surface area contributed by atoms with Crippen LogP contribution in [0.5, 0.6) is 34.5 Å². The minimum atomic E-state index is -3.96. The summed E-state index contributed by atoms with van der Waals surface area (Å²) in [7, 11) is -11.9. The summed E-state index contributed by atoms with van der Waals surface area (Å²) in [6.45, 7) is 11.9. The van der Waals surface area contributed by atoms with Crippen molar-refractivity contribution >= 4 is 23.0 Å². The molecule has 0 radical (unpaired) electrons. The molecule has 0 atom stereocenters. The SMILES string of the molecule is Cc1cccc(OP2(Oc3cccc(C)c3)=NP(Oc3cccc(C)c3)(Oc3cccc(C)c3)=NP(Oc3cccc(C)c3)(Oc3cccc(C)c3)=N2)c1. The molecular formula is C42H42N3O6P3. The first-order valence-electron chi connectivity index (χ1n) is 17.4. The Labute approximate surface area is 317 Å². The number of nitrogens with zero attached hydrogens (tertiary/aromatic N) is 3. The topological polar surface area (TPSA) is 92.5 Å². The van der Waals surface area contributed by atoms with Crippen LogP contribution in [0.25, 0.3) is 0 Å². The third-order valence-corrected chi connectivity index (χ3v) is 16.1. The Morgan fingerprint density at radius 2 is 0.444 bits per heavy atom. The van der Waals surface area contributed by atoms with Gasteiger partial charge in [0.05, 0.1) is 0 Å². The second-order valence-electron chi connectivity index (χ2n) is 13.2. The van der Waals surface area contributed by atoms with E-state index in [4.69, 9.17) is 40.7 Å². The van der Waals surface area contributed by atoms with Gasteiger partial charge >= 0.3 is 23.0 Å². The summed E-state index contributed by atoms with van der Waals surface area (Å²) >= 11 is 0. The number of aryl methyl sites for hydroxylation is 6. The predicted molar refractivity (Wildman–Crippen MR) is 219 cm³/mol. The highest BCUT2D eigenvalue weighted by Gasteiger charge is 2.49. The van der Waals surface area contributed by atoms with Crippen molar-refractivity contribution in [3.05, 3.63) is 179 Å². The molecule has 0 saturated carbocycles. The third-order valence-electron chi connectivity index (χ3n) is 7.96. The fourth-order valence-corrected chi connectivity index (χ4v) is 14.6. The Morgan fingerprint density at radius 3 is 0.593 bits per heavy atom. The van der Waals surface area contributed by atoms with Crippen molar-refractivity contribution in [2.75, 3.05) is 0 Å². The fraction of sp³-hybridized carbons (Fsp3) is 0.143. The minimum absolute atomic E-state index is 0.485. The molecule has 6 aromatic carbocycles. The summed E-state index contributed by atoms with van der Waals surface area (Å²) in [5, 5.41) is 0. The normalized spacial score (nSPS) is 15.0. The molecule has 0 aliphatic carbocycles. The molecule has 276 valence electrons. The zero-order valence-electron chi connectivity index (χ0n) is 31.0. The lowest BCUT2D eigenvalue weighted by Gasteiger charge is -2.33. The van der Waals surface area contributed by atoms with Crippen molar-refractivity contribution in [2.45, 2.75) is 41.5 Å². The molecule has 54 heavy (non-hydrogen) atoms. The maximum Gasteiger partial charge on any atom is 0.460 e. The fourth-order valence-electron chi connectivity index (χ4n) is 5.61. The van der Waals surface area contributed by atoms with E-state index in [0.717, 1.165) is 33.4 Å². The van der Waals surface area contributed by atoms with Crippen molar-refractivity contribution in [3.8, 4) is 34.5 Å². The van der Waals surface area contributed by atoms with Crippen LogP contribution in [0.2, 0.25) is 0 Å². The molecule has 0 unspecified atom stereocenters. The number of hydrogen-bond acceptors (Lipinski definition) is 9. The molecule has 0 aromatic heterocycles. The zero-order chi connectivity index (χ0) is 37.8. The molecule has 0 spiro atoms. The van der Waals surface area contributed by atoms with E-state index < -0.39 is 23.0 Å². The summed E-state index contributed by atoms with van der Waals surface area (Å²) in [6.07, 6.45) is 0. The highest BCUT2D eigenvalue weighted by molar-refractivity contribution is 7.79. The lowest BCUT2D eigenvalue weighted by atomic mass is 10.2. The van der Waals surface area contributed by atoms with Gasteiger partial charge in [-0.15, -0.1) is 0 Å². The van der Waals surface area contributed by atoms with E-state index in [9.17, 15) is 0 Å². The molecule has 0 fully saturated rings. The van der Waals surface area contributed by atoms with Crippen LogP contribution >= 0.6 is 23.0 Å². The first-order valence-corrected chi connectivity index (χ1v) is 22.0. The van der Waals surface area contributed by atoms with Gasteiger partial charge in [0.25, 0.3) is 0 Å².